The standard InChI is InChI=1S/C15H20N4O/c20-15(16-12-6-2-1-3-7-12)10-11-19-14-9-5-4-8-13(14)17-18-19/h4-5,8-9,12H,1-3,6-7,10-11H2,(H,16,20). The van der Waals surface area contributed by atoms with Crippen molar-refractivity contribution < 1.29 is 4.79 Å². The van der Waals surface area contributed by atoms with E-state index in [0.29, 0.717) is 19.0 Å². The van der Waals surface area contributed by atoms with Gasteiger partial charge in [-0.05, 0) is 25.0 Å². The van der Waals surface area contributed by atoms with Gasteiger partial charge in [-0.3, -0.25) is 4.79 Å². The van der Waals surface area contributed by atoms with E-state index in [9.17, 15) is 4.79 Å². The minimum Gasteiger partial charge on any atom is -0.353 e. The van der Waals surface area contributed by atoms with E-state index in [0.717, 1.165) is 23.9 Å². The van der Waals surface area contributed by atoms with Gasteiger partial charge in [0.1, 0.15) is 5.52 Å². The molecule has 0 saturated heterocycles. The average molecular weight is 272 g/mol. The number of hydrogen-bond donors (Lipinski definition) is 1. The highest BCUT2D eigenvalue weighted by Crippen LogP contribution is 2.17. The van der Waals surface area contributed by atoms with E-state index in [4.69, 9.17) is 0 Å². The number of nitrogens with zero attached hydrogens (tertiary/aromatic N) is 3. The number of benzene rings is 1. The molecule has 106 valence electrons. The number of fused-ring (bicyclic) bond motifs is 1. The molecular formula is C15H20N4O. The topological polar surface area (TPSA) is 59.8 Å². The molecule has 1 aromatic heterocycles. The van der Waals surface area contributed by atoms with Crippen LogP contribution in [-0.4, -0.2) is 26.9 Å². The van der Waals surface area contributed by atoms with Crippen LogP contribution in [0.2, 0.25) is 0 Å². The molecule has 1 N–H and O–H groups in total. The van der Waals surface area contributed by atoms with E-state index in [-0.39, 0.29) is 5.91 Å². The largest absolute Gasteiger partial charge is 0.353 e. The van der Waals surface area contributed by atoms with Crippen LogP contribution < -0.4 is 5.32 Å². The van der Waals surface area contributed by atoms with E-state index >= 15 is 0 Å². The lowest BCUT2D eigenvalue weighted by molar-refractivity contribution is -0.122. The Bertz CT molecular complexity index is 586. The van der Waals surface area contributed by atoms with Gasteiger partial charge in [-0.1, -0.05) is 36.6 Å². The number of para-hydroxylation sites is 1. The molecule has 2 aromatic rings. The Morgan fingerprint density at radius 2 is 2.05 bits per heavy atom. The van der Waals surface area contributed by atoms with Crippen molar-refractivity contribution in [1.29, 1.82) is 0 Å². The third-order valence-electron chi connectivity index (χ3n) is 3.94. The normalized spacial score (nSPS) is 16.4. The van der Waals surface area contributed by atoms with Crippen molar-refractivity contribution in [1.82, 2.24) is 20.3 Å². The minimum absolute atomic E-state index is 0.122. The van der Waals surface area contributed by atoms with Crippen molar-refractivity contribution in [2.45, 2.75) is 51.1 Å². The Kier molecular flexibility index (Phi) is 3.95. The molecule has 1 saturated carbocycles. The van der Waals surface area contributed by atoms with Crippen LogP contribution in [0.3, 0.4) is 0 Å². The summed E-state index contributed by atoms with van der Waals surface area (Å²) in [6, 6.07) is 8.19. The van der Waals surface area contributed by atoms with Gasteiger partial charge >= 0.3 is 0 Å². The Labute approximate surface area is 118 Å². The van der Waals surface area contributed by atoms with Crippen LogP contribution in [0, 0.1) is 0 Å². The zero-order valence-electron chi connectivity index (χ0n) is 11.6. The highest BCUT2D eigenvalue weighted by Gasteiger charge is 2.15. The van der Waals surface area contributed by atoms with Gasteiger partial charge in [0.2, 0.25) is 5.91 Å². The van der Waals surface area contributed by atoms with Gasteiger partial charge in [-0.25, -0.2) is 4.68 Å². The SMILES string of the molecule is O=C(CCn1nnc2ccccc21)NC1CCCCC1. The van der Waals surface area contributed by atoms with Crippen LogP contribution in [0.4, 0.5) is 0 Å². The summed E-state index contributed by atoms with van der Waals surface area (Å²) >= 11 is 0. The van der Waals surface area contributed by atoms with Crippen molar-refractivity contribution >= 4 is 16.9 Å². The number of aryl methyl sites for hydroxylation is 1. The molecule has 0 bridgehead atoms. The monoisotopic (exact) mass is 272 g/mol. The van der Waals surface area contributed by atoms with Gasteiger partial charge in [-0.15, -0.1) is 5.10 Å². The fourth-order valence-electron chi connectivity index (χ4n) is 2.84. The molecule has 5 heteroatoms. The molecule has 1 aliphatic rings. The highest BCUT2D eigenvalue weighted by atomic mass is 16.1. The van der Waals surface area contributed by atoms with Crippen molar-refractivity contribution in [3.63, 3.8) is 0 Å². The summed E-state index contributed by atoms with van der Waals surface area (Å²) in [5.41, 5.74) is 1.86. The number of carbonyl (C=O) groups excluding carboxylic acids is 1. The van der Waals surface area contributed by atoms with Crippen molar-refractivity contribution in [3.8, 4) is 0 Å². The summed E-state index contributed by atoms with van der Waals surface area (Å²) in [6.07, 6.45) is 6.48. The third kappa shape index (κ3) is 2.98. The fraction of sp³-hybridized carbons (Fsp3) is 0.533. The van der Waals surface area contributed by atoms with Crippen LogP contribution in [0.5, 0.6) is 0 Å². The first-order valence-corrected chi connectivity index (χ1v) is 7.40. The predicted octanol–water partition coefficient (Wildman–Crippen LogP) is 2.27. The maximum atomic E-state index is 12.0. The van der Waals surface area contributed by atoms with Crippen LogP contribution in [0.25, 0.3) is 11.0 Å². The second-order valence-corrected chi connectivity index (χ2v) is 5.45. The molecular weight excluding hydrogens is 252 g/mol. The molecule has 0 radical (unpaired) electrons. The molecule has 0 spiro atoms. The summed E-state index contributed by atoms with van der Waals surface area (Å²) < 4.78 is 1.80. The second kappa shape index (κ2) is 6.03. The Morgan fingerprint density at radius 3 is 2.90 bits per heavy atom. The first-order valence-electron chi connectivity index (χ1n) is 7.40. The smallest absolute Gasteiger partial charge is 0.222 e. The van der Waals surface area contributed by atoms with Crippen molar-refractivity contribution in [2.75, 3.05) is 0 Å². The maximum Gasteiger partial charge on any atom is 0.222 e. The fourth-order valence-corrected chi connectivity index (χ4v) is 2.84. The summed E-state index contributed by atoms with van der Waals surface area (Å²) in [5, 5.41) is 11.3. The van der Waals surface area contributed by atoms with Gasteiger partial charge < -0.3 is 5.32 Å². The van der Waals surface area contributed by atoms with E-state index in [2.05, 4.69) is 15.6 Å². The van der Waals surface area contributed by atoms with Gasteiger partial charge in [0.15, 0.2) is 0 Å². The number of nitrogens with one attached hydrogen (secondary N) is 1. The molecule has 1 heterocycles. The summed E-state index contributed by atoms with van der Waals surface area (Å²) in [7, 11) is 0. The molecule has 20 heavy (non-hydrogen) atoms. The number of aromatic nitrogens is 3. The number of carbonyl (C=O) groups is 1. The molecule has 3 rings (SSSR count). The lowest BCUT2D eigenvalue weighted by Gasteiger charge is -2.22. The quantitative estimate of drug-likeness (QED) is 0.928. The van der Waals surface area contributed by atoms with Crippen LogP contribution >= 0.6 is 0 Å². The minimum atomic E-state index is 0.122. The Morgan fingerprint density at radius 1 is 1.25 bits per heavy atom. The number of amides is 1. The van der Waals surface area contributed by atoms with Gasteiger partial charge in [0, 0.05) is 12.5 Å². The summed E-state index contributed by atoms with van der Waals surface area (Å²) in [4.78, 5) is 12.0. The number of rotatable bonds is 4. The van der Waals surface area contributed by atoms with Crippen molar-refractivity contribution in [3.05, 3.63) is 24.3 Å². The average Bonchev–Trinajstić information content (AvgIpc) is 2.89. The Balaban J connectivity index is 1.54. The van der Waals surface area contributed by atoms with E-state index < -0.39 is 0 Å². The maximum absolute atomic E-state index is 12.0. The summed E-state index contributed by atoms with van der Waals surface area (Å²) in [5.74, 6) is 0.122. The molecule has 1 aromatic carbocycles. The van der Waals surface area contributed by atoms with E-state index in [1.807, 2.05) is 24.3 Å². The zero-order valence-corrected chi connectivity index (χ0v) is 11.6. The molecule has 1 amide bonds. The molecule has 0 aliphatic heterocycles. The van der Waals surface area contributed by atoms with Crippen molar-refractivity contribution in [2.24, 2.45) is 0 Å². The van der Waals surface area contributed by atoms with Gasteiger partial charge in [0.25, 0.3) is 0 Å². The lowest BCUT2D eigenvalue weighted by Crippen LogP contribution is -2.36. The molecule has 0 unspecified atom stereocenters. The summed E-state index contributed by atoms with van der Waals surface area (Å²) in [6.45, 7) is 0.582. The Hall–Kier alpha value is -1.91. The lowest BCUT2D eigenvalue weighted by atomic mass is 9.95. The highest BCUT2D eigenvalue weighted by molar-refractivity contribution is 5.77. The third-order valence-corrected chi connectivity index (χ3v) is 3.94. The van der Waals surface area contributed by atoms with Crippen LogP contribution in [-0.2, 0) is 11.3 Å². The van der Waals surface area contributed by atoms with Gasteiger partial charge in [0.05, 0.1) is 12.1 Å². The van der Waals surface area contributed by atoms with Crippen LogP contribution in [0.15, 0.2) is 24.3 Å². The zero-order chi connectivity index (χ0) is 13.8. The van der Waals surface area contributed by atoms with Gasteiger partial charge in [-0.2, -0.15) is 0 Å². The molecule has 1 fully saturated rings. The number of hydrogen-bond acceptors (Lipinski definition) is 3. The first-order chi connectivity index (χ1) is 9.83. The van der Waals surface area contributed by atoms with E-state index in [1.54, 1.807) is 4.68 Å². The second-order valence-electron chi connectivity index (χ2n) is 5.45. The molecule has 1 aliphatic carbocycles. The van der Waals surface area contributed by atoms with E-state index in [1.165, 1.54) is 19.3 Å². The van der Waals surface area contributed by atoms with Crippen LogP contribution in [0.1, 0.15) is 38.5 Å². The first kappa shape index (κ1) is 13.1. The predicted molar refractivity (Wildman–Crippen MR) is 77.2 cm³/mol. The molecule has 0 atom stereocenters. The molecule has 5 nitrogen and oxygen atoms in total.